The van der Waals surface area contributed by atoms with E-state index in [9.17, 15) is 14.7 Å². The van der Waals surface area contributed by atoms with Crippen LogP contribution in [0.2, 0.25) is 0 Å². The number of amides is 1. The van der Waals surface area contributed by atoms with E-state index in [2.05, 4.69) is 10.1 Å². The monoisotopic (exact) mass is 237 g/mol. The van der Waals surface area contributed by atoms with E-state index in [1.54, 1.807) is 30.3 Å². The summed E-state index contributed by atoms with van der Waals surface area (Å²) in [6.07, 6.45) is -1.42. The number of nitrogens with one attached hydrogen (secondary N) is 1. The molecule has 5 heteroatoms. The van der Waals surface area contributed by atoms with Crippen molar-refractivity contribution in [3.05, 3.63) is 35.9 Å². The number of hydrogen-bond donors (Lipinski definition) is 2. The number of esters is 1. The lowest BCUT2D eigenvalue weighted by molar-refractivity contribution is -0.152. The zero-order valence-corrected chi connectivity index (χ0v) is 9.71. The summed E-state index contributed by atoms with van der Waals surface area (Å²) < 4.78 is 4.46. The highest BCUT2D eigenvalue weighted by molar-refractivity contribution is 5.78. The van der Waals surface area contributed by atoms with Crippen molar-refractivity contribution in [2.75, 3.05) is 7.11 Å². The molecule has 0 aliphatic carbocycles. The van der Waals surface area contributed by atoms with Crippen molar-refractivity contribution in [3.63, 3.8) is 0 Å². The molecule has 0 saturated heterocycles. The van der Waals surface area contributed by atoms with Crippen LogP contribution < -0.4 is 5.32 Å². The number of carbonyl (C=O) groups is 2. The highest BCUT2D eigenvalue weighted by Crippen LogP contribution is 2.17. The molecular weight excluding hydrogens is 222 g/mol. The van der Waals surface area contributed by atoms with E-state index in [1.165, 1.54) is 14.0 Å². The summed E-state index contributed by atoms with van der Waals surface area (Å²) in [5.74, 6) is -1.12. The van der Waals surface area contributed by atoms with E-state index in [4.69, 9.17) is 0 Å². The summed E-state index contributed by atoms with van der Waals surface area (Å²) in [7, 11) is 1.18. The van der Waals surface area contributed by atoms with Gasteiger partial charge < -0.3 is 15.2 Å². The maximum absolute atomic E-state index is 11.3. The molecule has 0 aromatic heterocycles. The molecule has 2 N–H and O–H groups in total. The van der Waals surface area contributed by atoms with E-state index in [0.29, 0.717) is 5.56 Å². The second-order valence-corrected chi connectivity index (χ2v) is 3.56. The van der Waals surface area contributed by atoms with E-state index in [1.807, 2.05) is 0 Å². The van der Waals surface area contributed by atoms with Gasteiger partial charge in [-0.05, 0) is 5.56 Å². The first-order chi connectivity index (χ1) is 8.06. The molecule has 0 spiro atoms. The average molecular weight is 237 g/mol. The molecule has 2 atom stereocenters. The summed E-state index contributed by atoms with van der Waals surface area (Å²) in [5, 5.41) is 12.3. The normalized spacial score (nSPS) is 13.6. The highest BCUT2D eigenvalue weighted by Gasteiger charge is 2.28. The van der Waals surface area contributed by atoms with Gasteiger partial charge >= 0.3 is 5.97 Å². The molecule has 0 bridgehead atoms. The number of methoxy groups -OCH3 is 1. The molecule has 0 saturated carbocycles. The van der Waals surface area contributed by atoms with Gasteiger partial charge in [-0.3, -0.25) is 4.79 Å². The van der Waals surface area contributed by atoms with Crippen LogP contribution in [0.4, 0.5) is 0 Å². The van der Waals surface area contributed by atoms with Gasteiger partial charge in [0.05, 0.1) is 13.2 Å². The Balaban J connectivity index is 2.95. The largest absolute Gasteiger partial charge is 0.467 e. The van der Waals surface area contributed by atoms with E-state index in [0.717, 1.165) is 0 Å². The Hall–Kier alpha value is -1.88. The number of carbonyl (C=O) groups excluding carboxylic acids is 2. The number of benzene rings is 1. The van der Waals surface area contributed by atoms with Crippen LogP contribution in [0.15, 0.2) is 30.3 Å². The smallest absolute Gasteiger partial charge is 0.337 e. The van der Waals surface area contributed by atoms with Crippen molar-refractivity contribution in [1.82, 2.24) is 5.32 Å². The summed E-state index contributed by atoms with van der Waals surface area (Å²) in [6.45, 7) is 1.32. The molecule has 0 radical (unpaired) electrons. The molecule has 0 aliphatic heterocycles. The molecule has 0 aliphatic rings. The van der Waals surface area contributed by atoms with Gasteiger partial charge in [0.1, 0.15) is 0 Å². The SMILES string of the molecule is COC(=O)[C@@H](O)[C@H](NC(C)=O)c1ccccc1. The lowest BCUT2D eigenvalue weighted by atomic mass is 10.0. The lowest BCUT2D eigenvalue weighted by Crippen LogP contribution is -2.40. The highest BCUT2D eigenvalue weighted by atomic mass is 16.5. The van der Waals surface area contributed by atoms with Gasteiger partial charge in [-0.2, -0.15) is 0 Å². The van der Waals surface area contributed by atoms with Crippen LogP contribution in [-0.4, -0.2) is 30.2 Å². The Kier molecular flexibility index (Phi) is 4.66. The molecule has 1 rings (SSSR count). The van der Waals surface area contributed by atoms with Crippen molar-refractivity contribution in [2.45, 2.75) is 19.1 Å². The van der Waals surface area contributed by atoms with Gasteiger partial charge in [-0.25, -0.2) is 4.79 Å². The first-order valence-corrected chi connectivity index (χ1v) is 5.14. The molecule has 92 valence electrons. The summed E-state index contributed by atoms with van der Waals surface area (Å²) in [4.78, 5) is 22.4. The van der Waals surface area contributed by atoms with Crippen LogP contribution in [0.25, 0.3) is 0 Å². The summed E-state index contributed by atoms with van der Waals surface area (Å²) in [6, 6.07) is 7.95. The number of aliphatic hydroxyl groups is 1. The average Bonchev–Trinajstić information content (AvgIpc) is 2.35. The Labute approximate surface area is 99.4 Å². The van der Waals surface area contributed by atoms with Crippen LogP contribution in [0.3, 0.4) is 0 Å². The first kappa shape index (κ1) is 13.2. The standard InChI is InChI=1S/C12H15NO4/c1-8(14)13-10(11(15)12(16)17-2)9-6-4-3-5-7-9/h3-7,10-11,15H,1-2H3,(H,13,14)/t10-,11+/m1/s1. The van der Waals surface area contributed by atoms with Crippen molar-refractivity contribution >= 4 is 11.9 Å². The quantitative estimate of drug-likeness (QED) is 0.743. The fourth-order valence-electron chi connectivity index (χ4n) is 1.48. The minimum absolute atomic E-state index is 0.332. The Morgan fingerprint density at radius 2 is 1.88 bits per heavy atom. The number of hydrogen-bond acceptors (Lipinski definition) is 4. The maximum Gasteiger partial charge on any atom is 0.337 e. The van der Waals surface area contributed by atoms with Crippen LogP contribution in [0, 0.1) is 0 Å². The van der Waals surface area contributed by atoms with E-state index >= 15 is 0 Å². The van der Waals surface area contributed by atoms with Crippen molar-refractivity contribution in [1.29, 1.82) is 0 Å². The van der Waals surface area contributed by atoms with Gasteiger partial charge in [-0.1, -0.05) is 30.3 Å². The Morgan fingerprint density at radius 1 is 1.29 bits per heavy atom. The van der Waals surface area contributed by atoms with E-state index in [-0.39, 0.29) is 5.91 Å². The fraction of sp³-hybridized carbons (Fsp3) is 0.333. The molecule has 1 aromatic rings. The lowest BCUT2D eigenvalue weighted by Gasteiger charge is -2.22. The second-order valence-electron chi connectivity index (χ2n) is 3.56. The topological polar surface area (TPSA) is 75.6 Å². The summed E-state index contributed by atoms with van der Waals surface area (Å²) in [5.41, 5.74) is 0.639. The Morgan fingerprint density at radius 3 is 2.35 bits per heavy atom. The van der Waals surface area contributed by atoms with Gasteiger partial charge in [0.25, 0.3) is 0 Å². The molecule has 0 unspecified atom stereocenters. The van der Waals surface area contributed by atoms with Crippen LogP contribution in [0.1, 0.15) is 18.5 Å². The number of rotatable bonds is 4. The van der Waals surface area contributed by atoms with Crippen molar-refractivity contribution in [2.24, 2.45) is 0 Å². The Bertz CT molecular complexity index is 391. The van der Waals surface area contributed by atoms with Crippen LogP contribution >= 0.6 is 0 Å². The molecule has 0 heterocycles. The predicted molar refractivity (Wildman–Crippen MR) is 61.0 cm³/mol. The molecule has 5 nitrogen and oxygen atoms in total. The van der Waals surface area contributed by atoms with Crippen LogP contribution in [-0.2, 0) is 14.3 Å². The predicted octanol–water partition coefficient (Wildman–Crippen LogP) is 0.398. The maximum atomic E-state index is 11.3. The van der Waals surface area contributed by atoms with Crippen molar-refractivity contribution in [3.8, 4) is 0 Å². The number of ether oxygens (including phenoxy) is 1. The minimum atomic E-state index is -1.42. The number of aliphatic hydroxyl groups excluding tert-OH is 1. The zero-order valence-electron chi connectivity index (χ0n) is 9.71. The molecule has 17 heavy (non-hydrogen) atoms. The molecule has 0 fully saturated rings. The van der Waals surface area contributed by atoms with Crippen molar-refractivity contribution < 1.29 is 19.4 Å². The van der Waals surface area contributed by atoms with Crippen LogP contribution in [0.5, 0.6) is 0 Å². The van der Waals surface area contributed by atoms with Gasteiger partial charge in [0.2, 0.25) is 5.91 Å². The zero-order chi connectivity index (χ0) is 12.8. The minimum Gasteiger partial charge on any atom is -0.467 e. The third-order valence-electron chi connectivity index (χ3n) is 2.28. The second kappa shape index (κ2) is 6.00. The fourth-order valence-corrected chi connectivity index (χ4v) is 1.48. The van der Waals surface area contributed by atoms with Gasteiger partial charge in [0, 0.05) is 6.92 Å². The molecular formula is C12H15NO4. The molecule has 1 aromatic carbocycles. The van der Waals surface area contributed by atoms with E-state index < -0.39 is 18.1 Å². The van der Waals surface area contributed by atoms with Gasteiger partial charge in [-0.15, -0.1) is 0 Å². The summed E-state index contributed by atoms with van der Waals surface area (Å²) >= 11 is 0. The third kappa shape index (κ3) is 3.57. The van der Waals surface area contributed by atoms with Gasteiger partial charge in [0.15, 0.2) is 6.10 Å². The third-order valence-corrected chi connectivity index (χ3v) is 2.28. The first-order valence-electron chi connectivity index (χ1n) is 5.14. The molecule has 1 amide bonds.